The Morgan fingerprint density at radius 1 is 1.22 bits per heavy atom. The predicted molar refractivity (Wildman–Crippen MR) is 61.0 cm³/mol. The molecule has 1 fully saturated rings. The van der Waals surface area contributed by atoms with Gasteiger partial charge in [-0.05, 0) is 37.2 Å². The molecule has 1 N–H and O–H groups in total. The molecule has 0 atom stereocenters. The van der Waals surface area contributed by atoms with Crippen LogP contribution in [0.4, 0.5) is 13.2 Å². The Balaban J connectivity index is 2.18. The summed E-state index contributed by atoms with van der Waals surface area (Å²) in [4.78, 5) is 0. The van der Waals surface area contributed by atoms with Gasteiger partial charge in [0.1, 0.15) is 0 Å². The molecule has 0 saturated heterocycles. The van der Waals surface area contributed by atoms with Crippen molar-refractivity contribution in [2.24, 2.45) is 0 Å². The molecule has 94 valence electrons. The van der Waals surface area contributed by atoms with Gasteiger partial charge in [0.25, 0.3) is 0 Å². The van der Waals surface area contributed by atoms with E-state index in [-0.39, 0.29) is 11.6 Å². The predicted octanol–water partition coefficient (Wildman–Crippen LogP) is 3.36. The van der Waals surface area contributed by atoms with Crippen LogP contribution in [-0.2, 0) is 0 Å². The Morgan fingerprint density at radius 2 is 1.83 bits per heavy atom. The van der Waals surface area contributed by atoms with Crippen LogP contribution in [0.5, 0.6) is 0 Å². The first-order valence-corrected chi connectivity index (χ1v) is 5.80. The highest BCUT2D eigenvalue weighted by molar-refractivity contribution is 7.71. The van der Waals surface area contributed by atoms with Crippen LogP contribution in [0.2, 0.25) is 0 Å². The van der Waals surface area contributed by atoms with Crippen molar-refractivity contribution in [3.05, 3.63) is 34.4 Å². The standard InChI is InChI=1S/C11H8F3N3S/c12-7-3-5(4-8(13)9(7)14)10-15-16-11(18)17(10)6-1-2-6/h3-4,6H,1-2H2,(H,16,18). The van der Waals surface area contributed by atoms with Gasteiger partial charge in [0.05, 0.1) is 0 Å². The molecule has 1 saturated carbocycles. The zero-order valence-electron chi connectivity index (χ0n) is 9.08. The van der Waals surface area contributed by atoms with E-state index in [1.165, 1.54) is 0 Å². The lowest BCUT2D eigenvalue weighted by Crippen LogP contribution is -2.00. The number of H-pyrrole nitrogens is 1. The summed E-state index contributed by atoms with van der Waals surface area (Å²) in [5.74, 6) is -3.62. The molecule has 0 spiro atoms. The highest BCUT2D eigenvalue weighted by Crippen LogP contribution is 2.38. The number of aromatic nitrogens is 3. The lowest BCUT2D eigenvalue weighted by Gasteiger charge is -2.05. The van der Waals surface area contributed by atoms with E-state index in [0.717, 1.165) is 25.0 Å². The molecule has 18 heavy (non-hydrogen) atoms. The van der Waals surface area contributed by atoms with Crippen LogP contribution in [0.15, 0.2) is 12.1 Å². The van der Waals surface area contributed by atoms with E-state index in [2.05, 4.69) is 10.2 Å². The Bertz CT molecular complexity index is 649. The van der Waals surface area contributed by atoms with Crippen molar-refractivity contribution in [3.63, 3.8) is 0 Å². The Labute approximate surface area is 105 Å². The normalized spacial score (nSPS) is 15.1. The molecule has 1 aromatic heterocycles. The summed E-state index contributed by atoms with van der Waals surface area (Å²) in [6, 6.07) is 2.05. The van der Waals surface area contributed by atoms with Gasteiger partial charge >= 0.3 is 0 Å². The van der Waals surface area contributed by atoms with E-state index in [4.69, 9.17) is 12.2 Å². The Morgan fingerprint density at radius 3 is 2.39 bits per heavy atom. The summed E-state index contributed by atoms with van der Waals surface area (Å²) >= 11 is 5.06. The molecule has 0 amide bonds. The molecule has 1 aromatic carbocycles. The number of nitrogens with one attached hydrogen (secondary N) is 1. The molecule has 2 aromatic rings. The molecule has 1 aliphatic rings. The summed E-state index contributed by atoms with van der Waals surface area (Å²) in [5, 5.41) is 6.54. The second kappa shape index (κ2) is 3.94. The number of halogens is 3. The van der Waals surface area contributed by atoms with Crippen LogP contribution in [0.25, 0.3) is 11.4 Å². The molecule has 1 aliphatic carbocycles. The minimum Gasteiger partial charge on any atom is -0.297 e. The summed E-state index contributed by atoms with van der Waals surface area (Å²) in [5.41, 5.74) is 0.172. The highest BCUT2D eigenvalue weighted by Gasteiger charge is 2.28. The topological polar surface area (TPSA) is 33.6 Å². The van der Waals surface area contributed by atoms with Gasteiger partial charge in [-0.1, -0.05) is 0 Å². The van der Waals surface area contributed by atoms with E-state index in [1.807, 2.05) is 0 Å². The van der Waals surface area contributed by atoms with Gasteiger partial charge in [-0.2, -0.15) is 5.10 Å². The fourth-order valence-corrected chi connectivity index (χ4v) is 2.15. The van der Waals surface area contributed by atoms with Crippen LogP contribution in [0, 0.1) is 22.2 Å². The van der Waals surface area contributed by atoms with E-state index in [1.54, 1.807) is 4.57 Å². The fourth-order valence-electron chi connectivity index (χ4n) is 1.86. The first kappa shape index (κ1) is 11.5. The third kappa shape index (κ3) is 1.74. The van der Waals surface area contributed by atoms with Gasteiger partial charge in [-0.25, -0.2) is 13.2 Å². The summed E-state index contributed by atoms with van der Waals surface area (Å²) in [6.45, 7) is 0. The van der Waals surface area contributed by atoms with Gasteiger partial charge < -0.3 is 0 Å². The Kier molecular flexibility index (Phi) is 2.51. The molecule has 0 bridgehead atoms. The number of aromatic amines is 1. The zero-order chi connectivity index (χ0) is 12.9. The lowest BCUT2D eigenvalue weighted by atomic mass is 10.2. The van der Waals surface area contributed by atoms with E-state index in [0.29, 0.717) is 10.6 Å². The third-order valence-electron chi connectivity index (χ3n) is 2.86. The van der Waals surface area contributed by atoms with Crippen molar-refractivity contribution in [3.8, 4) is 11.4 Å². The third-order valence-corrected chi connectivity index (χ3v) is 3.15. The van der Waals surface area contributed by atoms with Crippen LogP contribution >= 0.6 is 12.2 Å². The van der Waals surface area contributed by atoms with Crippen molar-refractivity contribution >= 4 is 12.2 Å². The summed E-state index contributed by atoms with van der Waals surface area (Å²) < 4.78 is 41.4. The van der Waals surface area contributed by atoms with Crippen molar-refractivity contribution in [2.45, 2.75) is 18.9 Å². The van der Waals surface area contributed by atoms with Crippen molar-refractivity contribution in [2.75, 3.05) is 0 Å². The maximum atomic E-state index is 13.2. The molecule has 0 aliphatic heterocycles. The minimum absolute atomic E-state index is 0.172. The lowest BCUT2D eigenvalue weighted by molar-refractivity contribution is 0.447. The SMILES string of the molecule is Fc1cc(-c2n[nH]c(=S)n2C2CC2)cc(F)c1F. The second-order valence-electron chi connectivity index (χ2n) is 4.21. The highest BCUT2D eigenvalue weighted by atomic mass is 32.1. The smallest absolute Gasteiger partial charge is 0.195 e. The number of hydrogen-bond donors (Lipinski definition) is 1. The molecular formula is C11H8F3N3S. The summed E-state index contributed by atoms with van der Waals surface area (Å²) in [7, 11) is 0. The maximum absolute atomic E-state index is 13.2. The van der Waals surface area contributed by atoms with Crippen molar-refractivity contribution < 1.29 is 13.2 Å². The first-order chi connectivity index (χ1) is 8.58. The van der Waals surface area contributed by atoms with Gasteiger partial charge in [0, 0.05) is 11.6 Å². The second-order valence-corrected chi connectivity index (χ2v) is 4.59. The Hall–Kier alpha value is -1.63. The number of hydrogen-bond acceptors (Lipinski definition) is 2. The fraction of sp³-hybridized carbons (Fsp3) is 0.273. The van der Waals surface area contributed by atoms with E-state index >= 15 is 0 Å². The van der Waals surface area contributed by atoms with Crippen LogP contribution in [-0.4, -0.2) is 14.8 Å². The van der Waals surface area contributed by atoms with Crippen molar-refractivity contribution in [1.82, 2.24) is 14.8 Å². The van der Waals surface area contributed by atoms with Gasteiger partial charge in [0.15, 0.2) is 28.0 Å². The van der Waals surface area contributed by atoms with E-state index in [9.17, 15) is 13.2 Å². The molecule has 0 radical (unpaired) electrons. The number of nitrogens with zero attached hydrogens (tertiary/aromatic N) is 2. The molecule has 7 heteroatoms. The average molecular weight is 271 g/mol. The number of benzene rings is 1. The molecule has 3 nitrogen and oxygen atoms in total. The quantitative estimate of drug-likeness (QED) is 0.671. The van der Waals surface area contributed by atoms with Gasteiger partial charge in [-0.3, -0.25) is 9.67 Å². The van der Waals surface area contributed by atoms with Crippen LogP contribution < -0.4 is 0 Å². The summed E-state index contributed by atoms with van der Waals surface area (Å²) in [6.07, 6.45) is 1.90. The van der Waals surface area contributed by atoms with Crippen LogP contribution in [0.3, 0.4) is 0 Å². The van der Waals surface area contributed by atoms with Crippen LogP contribution in [0.1, 0.15) is 18.9 Å². The first-order valence-electron chi connectivity index (χ1n) is 5.39. The van der Waals surface area contributed by atoms with Crippen molar-refractivity contribution in [1.29, 1.82) is 0 Å². The monoisotopic (exact) mass is 271 g/mol. The van der Waals surface area contributed by atoms with Gasteiger partial charge in [-0.15, -0.1) is 0 Å². The molecule has 0 unspecified atom stereocenters. The van der Waals surface area contributed by atoms with E-state index < -0.39 is 17.5 Å². The largest absolute Gasteiger partial charge is 0.297 e. The maximum Gasteiger partial charge on any atom is 0.195 e. The zero-order valence-corrected chi connectivity index (χ0v) is 9.90. The molecular weight excluding hydrogens is 263 g/mol. The minimum atomic E-state index is -1.48. The molecule has 3 rings (SSSR count). The average Bonchev–Trinajstić information content (AvgIpc) is 3.09. The van der Waals surface area contributed by atoms with Gasteiger partial charge in [0.2, 0.25) is 0 Å². The number of rotatable bonds is 2. The molecule has 1 heterocycles.